The van der Waals surface area contributed by atoms with Crippen LogP contribution >= 0.6 is 23.7 Å². The van der Waals surface area contributed by atoms with Gasteiger partial charge in [-0.2, -0.15) is 11.8 Å². The van der Waals surface area contributed by atoms with Crippen LogP contribution in [0.1, 0.15) is 13.3 Å². The molecule has 1 unspecified atom stereocenters. The maximum Gasteiger partial charge on any atom is 0.247 e. The van der Waals surface area contributed by atoms with Crippen LogP contribution in [0.15, 0.2) is 35.8 Å². The Hall–Kier alpha value is -0.650. The number of amides is 1. The van der Waals surface area contributed by atoms with Crippen molar-refractivity contribution >= 4 is 29.6 Å². The third-order valence-corrected chi connectivity index (χ3v) is 3.31. The maximum absolute atomic E-state index is 11.6. The van der Waals surface area contributed by atoms with Crippen molar-refractivity contribution < 1.29 is 4.79 Å². The van der Waals surface area contributed by atoms with Crippen LogP contribution in [0.4, 0.5) is 0 Å². The van der Waals surface area contributed by atoms with Crippen LogP contribution < -0.4 is 10.5 Å². The largest absolute Gasteiger partial charge is 0.320 e. The van der Waals surface area contributed by atoms with E-state index in [4.69, 9.17) is 5.73 Å². The quantitative estimate of drug-likeness (QED) is 0.526. The summed E-state index contributed by atoms with van der Waals surface area (Å²) in [6.45, 7) is 5.54. The fourth-order valence-electron chi connectivity index (χ4n) is 0.965. The standard InChI is InChI=1S/C12H20N2OS2/c1-4-6-10(7-5-2)17-14-12(15)11(13)8-9-16-3/h4-7,11H,1,8-9,13H2,2-3H3,(H,14,15)/b7-5-,10-6+. The molecule has 0 aromatic rings. The minimum atomic E-state index is -0.439. The van der Waals surface area contributed by atoms with Crippen LogP contribution in [-0.2, 0) is 4.79 Å². The summed E-state index contributed by atoms with van der Waals surface area (Å²) in [5, 5.41) is 0. The molecule has 0 aliphatic heterocycles. The van der Waals surface area contributed by atoms with Crippen molar-refractivity contribution in [1.82, 2.24) is 4.72 Å². The van der Waals surface area contributed by atoms with Crippen molar-refractivity contribution in [3.8, 4) is 0 Å². The molecule has 96 valence electrons. The molecule has 17 heavy (non-hydrogen) atoms. The molecule has 1 amide bonds. The summed E-state index contributed by atoms with van der Waals surface area (Å²) in [5.74, 6) is 0.757. The number of carbonyl (C=O) groups excluding carboxylic acids is 1. The van der Waals surface area contributed by atoms with Gasteiger partial charge in [0.2, 0.25) is 5.91 Å². The predicted molar refractivity (Wildman–Crippen MR) is 79.8 cm³/mol. The van der Waals surface area contributed by atoms with Gasteiger partial charge in [0.15, 0.2) is 0 Å². The van der Waals surface area contributed by atoms with Crippen LogP contribution in [0, 0.1) is 0 Å². The molecule has 3 N–H and O–H groups in total. The van der Waals surface area contributed by atoms with E-state index in [0.29, 0.717) is 6.42 Å². The highest BCUT2D eigenvalue weighted by molar-refractivity contribution is 8.01. The molecule has 0 rings (SSSR count). The fourth-order valence-corrected chi connectivity index (χ4v) is 2.19. The Balaban J connectivity index is 4.12. The first-order valence-electron chi connectivity index (χ1n) is 5.32. The average Bonchev–Trinajstić information content (AvgIpc) is 2.33. The van der Waals surface area contributed by atoms with Gasteiger partial charge in [-0.1, -0.05) is 24.8 Å². The minimum absolute atomic E-state index is 0.136. The molecule has 0 spiro atoms. The van der Waals surface area contributed by atoms with Gasteiger partial charge in [-0.3, -0.25) is 9.52 Å². The molecule has 0 radical (unpaired) electrons. The third-order valence-electron chi connectivity index (χ3n) is 1.85. The molecule has 3 nitrogen and oxygen atoms in total. The van der Waals surface area contributed by atoms with E-state index >= 15 is 0 Å². The first kappa shape index (κ1) is 16.4. The minimum Gasteiger partial charge on any atom is -0.320 e. The first-order chi connectivity index (χ1) is 8.15. The zero-order chi connectivity index (χ0) is 13.1. The summed E-state index contributed by atoms with van der Waals surface area (Å²) >= 11 is 2.94. The van der Waals surface area contributed by atoms with Gasteiger partial charge in [-0.15, -0.1) is 0 Å². The Morgan fingerprint density at radius 3 is 2.82 bits per heavy atom. The summed E-state index contributed by atoms with van der Waals surface area (Å²) in [5.41, 5.74) is 5.74. The number of allylic oxidation sites excluding steroid dienone is 4. The molecule has 0 saturated heterocycles. The highest BCUT2D eigenvalue weighted by atomic mass is 32.2. The summed E-state index contributed by atoms with van der Waals surface area (Å²) in [6.07, 6.45) is 10.0. The molecule has 5 heteroatoms. The maximum atomic E-state index is 11.6. The summed E-state index contributed by atoms with van der Waals surface area (Å²) in [4.78, 5) is 12.5. The van der Waals surface area contributed by atoms with Gasteiger partial charge in [0.05, 0.1) is 6.04 Å². The number of nitrogens with one attached hydrogen (secondary N) is 1. The average molecular weight is 272 g/mol. The lowest BCUT2D eigenvalue weighted by atomic mass is 10.2. The molecular formula is C12H20N2OS2. The first-order valence-corrected chi connectivity index (χ1v) is 7.53. The molecule has 0 aromatic carbocycles. The molecule has 0 bridgehead atoms. The van der Waals surface area contributed by atoms with Crippen molar-refractivity contribution in [2.24, 2.45) is 5.73 Å². The van der Waals surface area contributed by atoms with Crippen molar-refractivity contribution in [1.29, 1.82) is 0 Å². The third kappa shape index (κ3) is 8.12. The Bertz CT molecular complexity index is 301. The van der Waals surface area contributed by atoms with Gasteiger partial charge in [-0.25, -0.2) is 0 Å². The number of rotatable bonds is 8. The van der Waals surface area contributed by atoms with Crippen LogP contribution in [0.25, 0.3) is 0 Å². The molecular weight excluding hydrogens is 252 g/mol. The molecule has 1 atom stereocenters. The number of thioether (sulfide) groups is 1. The normalized spacial score (nSPS) is 13.7. The van der Waals surface area contributed by atoms with Gasteiger partial charge in [-0.05, 0) is 43.4 Å². The monoisotopic (exact) mass is 272 g/mol. The van der Waals surface area contributed by atoms with Crippen molar-refractivity contribution in [2.45, 2.75) is 19.4 Å². The van der Waals surface area contributed by atoms with E-state index in [1.165, 1.54) is 11.9 Å². The number of hydrogen-bond donors (Lipinski definition) is 2. The van der Waals surface area contributed by atoms with Gasteiger partial charge in [0.1, 0.15) is 0 Å². The lowest BCUT2D eigenvalue weighted by Gasteiger charge is -2.10. The smallest absolute Gasteiger partial charge is 0.247 e. The van der Waals surface area contributed by atoms with Crippen molar-refractivity contribution in [3.63, 3.8) is 0 Å². The Kier molecular flexibility index (Phi) is 10.1. The number of carbonyl (C=O) groups is 1. The van der Waals surface area contributed by atoms with E-state index in [0.717, 1.165) is 10.7 Å². The molecule has 0 aliphatic carbocycles. The van der Waals surface area contributed by atoms with Crippen LogP contribution in [0.5, 0.6) is 0 Å². The fraction of sp³-hybridized carbons (Fsp3) is 0.417. The summed E-state index contributed by atoms with van der Waals surface area (Å²) in [6, 6.07) is -0.439. The van der Waals surface area contributed by atoms with E-state index in [9.17, 15) is 4.79 Å². The van der Waals surface area contributed by atoms with E-state index in [1.807, 2.05) is 31.4 Å². The second kappa shape index (κ2) is 10.5. The van der Waals surface area contributed by atoms with Gasteiger partial charge < -0.3 is 5.73 Å². The van der Waals surface area contributed by atoms with Crippen molar-refractivity contribution in [3.05, 3.63) is 35.8 Å². The Labute approximate surface area is 112 Å². The summed E-state index contributed by atoms with van der Waals surface area (Å²) < 4.78 is 2.74. The highest BCUT2D eigenvalue weighted by Crippen LogP contribution is 2.13. The SMILES string of the molecule is C=C/C=C(\C=C/C)SNC(=O)C(N)CCSC. The van der Waals surface area contributed by atoms with Crippen LogP contribution in [0.2, 0.25) is 0 Å². The Morgan fingerprint density at radius 2 is 2.29 bits per heavy atom. The van der Waals surface area contributed by atoms with Crippen LogP contribution in [0.3, 0.4) is 0 Å². The van der Waals surface area contributed by atoms with E-state index in [2.05, 4.69) is 11.3 Å². The molecule has 0 aliphatic rings. The van der Waals surface area contributed by atoms with Crippen molar-refractivity contribution in [2.75, 3.05) is 12.0 Å². The lowest BCUT2D eigenvalue weighted by molar-refractivity contribution is -0.120. The highest BCUT2D eigenvalue weighted by Gasteiger charge is 2.12. The zero-order valence-electron chi connectivity index (χ0n) is 10.3. The lowest BCUT2D eigenvalue weighted by Crippen LogP contribution is -2.38. The molecule has 0 saturated carbocycles. The van der Waals surface area contributed by atoms with E-state index < -0.39 is 6.04 Å². The number of nitrogens with two attached hydrogens (primary N) is 1. The molecule has 0 fully saturated rings. The predicted octanol–water partition coefficient (Wildman–Crippen LogP) is 2.48. The van der Waals surface area contributed by atoms with Gasteiger partial charge in [0, 0.05) is 4.91 Å². The molecule has 0 heterocycles. The molecule has 0 aromatic heterocycles. The van der Waals surface area contributed by atoms with Gasteiger partial charge in [0.25, 0.3) is 0 Å². The topological polar surface area (TPSA) is 55.1 Å². The van der Waals surface area contributed by atoms with E-state index in [1.54, 1.807) is 17.8 Å². The van der Waals surface area contributed by atoms with E-state index in [-0.39, 0.29) is 5.91 Å². The van der Waals surface area contributed by atoms with Gasteiger partial charge >= 0.3 is 0 Å². The second-order valence-corrected chi connectivity index (χ2v) is 5.13. The number of hydrogen-bond acceptors (Lipinski definition) is 4. The zero-order valence-corrected chi connectivity index (χ0v) is 11.9. The summed E-state index contributed by atoms with van der Waals surface area (Å²) in [7, 11) is 0. The second-order valence-electron chi connectivity index (χ2n) is 3.26. The van der Waals surface area contributed by atoms with Crippen LogP contribution in [-0.4, -0.2) is 24.0 Å². The Morgan fingerprint density at radius 1 is 1.59 bits per heavy atom.